The van der Waals surface area contributed by atoms with Gasteiger partial charge < -0.3 is 9.80 Å². The Hall–Kier alpha value is -1.20. The zero-order valence-electron chi connectivity index (χ0n) is 11.3. The van der Waals surface area contributed by atoms with E-state index < -0.39 is 0 Å². The molecular formula is C13H18ClN5. The lowest BCUT2D eigenvalue weighted by Gasteiger charge is -2.36. The first kappa shape index (κ1) is 12.8. The number of amidine groups is 1. The second-order valence-electron chi connectivity index (χ2n) is 5.35. The molecule has 3 rings (SSSR count). The van der Waals surface area contributed by atoms with Crippen molar-refractivity contribution in [1.29, 1.82) is 0 Å². The maximum absolute atomic E-state index is 6.09. The monoisotopic (exact) mass is 279 g/mol. The molecule has 0 aromatic carbocycles. The molecule has 2 aliphatic heterocycles. The minimum Gasteiger partial charge on any atom is -0.360 e. The van der Waals surface area contributed by atoms with Crippen LogP contribution in [-0.4, -0.2) is 58.8 Å². The number of hydrogen-bond donors (Lipinski definition) is 0. The van der Waals surface area contributed by atoms with Gasteiger partial charge in [0.25, 0.3) is 0 Å². The SMILES string of the molecule is CN(C)C1CCN(C2=Nc3ncnc(Cl)c3C2)CC1. The average molecular weight is 280 g/mol. The summed E-state index contributed by atoms with van der Waals surface area (Å²) in [5, 5.41) is 0.534. The van der Waals surface area contributed by atoms with Gasteiger partial charge in [0.15, 0.2) is 5.82 Å². The zero-order valence-corrected chi connectivity index (χ0v) is 12.1. The Morgan fingerprint density at radius 1 is 1.26 bits per heavy atom. The van der Waals surface area contributed by atoms with E-state index in [9.17, 15) is 0 Å². The first-order valence-electron chi connectivity index (χ1n) is 6.63. The van der Waals surface area contributed by atoms with Crippen LogP contribution in [0.2, 0.25) is 5.15 Å². The smallest absolute Gasteiger partial charge is 0.162 e. The summed E-state index contributed by atoms with van der Waals surface area (Å²) in [7, 11) is 4.30. The van der Waals surface area contributed by atoms with Gasteiger partial charge in [-0.1, -0.05) is 11.6 Å². The lowest BCUT2D eigenvalue weighted by atomic mass is 10.0. The molecule has 0 spiro atoms. The van der Waals surface area contributed by atoms with Crippen molar-refractivity contribution in [3.63, 3.8) is 0 Å². The largest absolute Gasteiger partial charge is 0.360 e. The highest BCUT2D eigenvalue weighted by Gasteiger charge is 2.27. The van der Waals surface area contributed by atoms with E-state index in [1.807, 2.05) is 0 Å². The van der Waals surface area contributed by atoms with Gasteiger partial charge in [0.05, 0.1) is 0 Å². The highest BCUT2D eigenvalue weighted by atomic mass is 35.5. The predicted molar refractivity (Wildman–Crippen MR) is 76.1 cm³/mol. The van der Waals surface area contributed by atoms with Crippen LogP contribution in [0.5, 0.6) is 0 Å². The van der Waals surface area contributed by atoms with Crippen molar-refractivity contribution in [2.24, 2.45) is 4.99 Å². The number of piperidine rings is 1. The van der Waals surface area contributed by atoms with Crippen LogP contribution in [0.4, 0.5) is 5.82 Å². The van der Waals surface area contributed by atoms with Gasteiger partial charge in [-0.15, -0.1) is 0 Å². The zero-order chi connectivity index (χ0) is 13.4. The summed E-state index contributed by atoms with van der Waals surface area (Å²) in [6, 6.07) is 0.684. The molecule has 0 atom stereocenters. The van der Waals surface area contributed by atoms with E-state index in [-0.39, 0.29) is 0 Å². The molecule has 0 saturated carbocycles. The van der Waals surface area contributed by atoms with Gasteiger partial charge in [0.1, 0.15) is 17.3 Å². The minimum atomic E-state index is 0.534. The molecule has 3 heterocycles. The standard InChI is InChI=1S/C13H18ClN5/c1-18(2)9-3-5-19(6-4-9)11-7-10-12(14)15-8-16-13(10)17-11/h8-9H,3-7H2,1-2H3. The average Bonchev–Trinajstić information content (AvgIpc) is 2.84. The fourth-order valence-corrected chi connectivity index (χ4v) is 2.97. The fourth-order valence-electron chi connectivity index (χ4n) is 2.77. The van der Waals surface area contributed by atoms with Crippen molar-refractivity contribution in [3.05, 3.63) is 17.0 Å². The molecule has 1 saturated heterocycles. The van der Waals surface area contributed by atoms with Crippen molar-refractivity contribution >= 4 is 23.3 Å². The van der Waals surface area contributed by atoms with Crippen molar-refractivity contribution < 1.29 is 0 Å². The minimum absolute atomic E-state index is 0.534. The van der Waals surface area contributed by atoms with Crippen LogP contribution in [-0.2, 0) is 6.42 Å². The second-order valence-corrected chi connectivity index (χ2v) is 5.71. The van der Waals surface area contributed by atoms with Gasteiger partial charge in [-0.3, -0.25) is 0 Å². The molecule has 0 radical (unpaired) electrons. The molecule has 1 aromatic heterocycles. The number of aliphatic imine (C=N–C) groups is 1. The Bertz CT molecular complexity index is 506. The molecule has 0 unspecified atom stereocenters. The first-order valence-corrected chi connectivity index (χ1v) is 7.01. The summed E-state index contributed by atoms with van der Waals surface area (Å²) in [4.78, 5) is 17.5. The molecule has 1 fully saturated rings. The summed E-state index contributed by atoms with van der Waals surface area (Å²) in [6.45, 7) is 2.11. The van der Waals surface area contributed by atoms with Gasteiger partial charge in [-0.05, 0) is 26.9 Å². The maximum Gasteiger partial charge on any atom is 0.162 e. The highest BCUT2D eigenvalue weighted by Crippen LogP contribution is 2.30. The molecule has 5 nitrogen and oxygen atoms in total. The lowest BCUT2D eigenvalue weighted by Crippen LogP contribution is -2.44. The van der Waals surface area contributed by atoms with Gasteiger partial charge in [-0.25, -0.2) is 15.0 Å². The third-order valence-corrected chi connectivity index (χ3v) is 4.33. The van der Waals surface area contributed by atoms with Crippen LogP contribution in [0, 0.1) is 0 Å². The number of hydrogen-bond acceptors (Lipinski definition) is 5. The van der Waals surface area contributed by atoms with Gasteiger partial charge in [-0.2, -0.15) is 0 Å². The van der Waals surface area contributed by atoms with Crippen LogP contribution in [0.3, 0.4) is 0 Å². The summed E-state index contributed by atoms with van der Waals surface area (Å²) in [5.41, 5.74) is 0.967. The highest BCUT2D eigenvalue weighted by molar-refractivity contribution is 6.30. The van der Waals surface area contributed by atoms with Crippen LogP contribution in [0.1, 0.15) is 18.4 Å². The Labute approximate surface area is 118 Å². The number of nitrogens with zero attached hydrogens (tertiary/aromatic N) is 5. The van der Waals surface area contributed by atoms with E-state index in [2.05, 4.69) is 38.9 Å². The van der Waals surface area contributed by atoms with E-state index in [1.54, 1.807) is 0 Å². The van der Waals surface area contributed by atoms with Crippen LogP contribution in [0.25, 0.3) is 0 Å². The summed E-state index contributed by atoms with van der Waals surface area (Å²) in [5.74, 6) is 1.83. The second kappa shape index (κ2) is 5.06. The molecule has 2 aliphatic rings. The van der Waals surface area contributed by atoms with Crippen LogP contribution in [0.15, 0.2) is 11.3 Å². The molecular weight excluding hydrogens is 262 g/mol. The number of aromatic nitrogens is 2. The van der Waals surface area contributed by atoms with Crippen molar-refractivity contribution in [2.75, 3.05) is 27.2 Å². The molecule has 19 heavy (non-hydrogen) atoms. The summed E-state index contributed by atoms with van der Waals surface area (Å²) < 4.78 is 0. The third kappa shape index (κ3) is 2.44. The molecule has 0 N–H and O–H groups in total. The number of likely N-dealkylation sites (tertiary alicyclic amines) is 1. The van der Waals surface area contributed by atoms with E-state index in [4.69, 9.17) is 11.6 Å². The van der Waals surface area contributed by atoms with Crippen molar-refractivity contribution in [3.8, 4) is 0 Å². The van der Waals surface area contributed by atoms with Crippen molar-refractivity contribution in [1.82, 2.24) is 19.8 Å². The van der Waals surface area contributed by atoms with E-state index in [1.165, 1.54) is 19.2 Å². The Balaban J connectivity index is 1.69. The maximum atomic E-state index is 6.09. The summed E-state index contributed by atoms with van der Waals surface area (Å²) in [6.07, 6.45) is 4.61. The predicted octanol–water partition coefficient (Wildman–Crippen LogP) is 1.74. The topological polar surface area (TPSA) is 44.6 Å². The van der Waals surface area contributed by atoms with Crippen LogP contribution < -0.4 is 0 Å². The molecule has 6 heteroatoms. The Morgan fingerprint density at radius 3 is 2.63 bits per heavy atom. The normalized spacial score (nSPS) is 19.8. The lowest BCUT2D eigenvalue weighted by molar-refractivity contribution is 0.190. The summed E-state index contributed by atoms with van der Waals surface area (Å²) >= 11 is 6.09. The molecule has 0 aliphatic carbocycles. The molecule has 1 aromatic rings. The van der Waals surface area contributed by atoms with E-state index >= 15 is 0 Å². The quantitative estimate of drug-likeness (QED) is 0.735. The Morgan fingerprint density at radius 2 is 2.00 bits per heavy atom. The molecule has 102 valence electrons. The van der Waals surface area contributed by atoms with E-state index in [0.717, 1.165) is 36.7 Å². The molecule has 0 amide bonds. The number of halogens is 1. The number of fused-ring (bicyclic) bond motifs is 1. The van der Waals surface area contributed by atoms with E-state index in [0.29, 0.717) is 11.2 Å². The molecule has 0 bridgehead atoms. The van der Waals surface area contributed by atoms with Crippen molar-refractivity contribution in [2.45, 2.75) is 25.3 Å². The first-order chi connectivity index (χ1) is 9.15. The van der Waals surface area contributed by atoms with Gasteiger partial charge >= 0.3 is 0 Å². The fraction of sp³-hybridized carbons (Fsp3) is 0.615. The Kier molecular flexibility index (Phi) is 3.41. The van der Waals surface area contributed by atoms with Gasteiger partial charge in [0, 0.05) is 31.1 Å². The van der Waals surface area contributed by atoms with Gasteiger partial charge in [0.2, 0.25) is 0 Å². The number of rotatable bonds is 1. The van der Waals surface area contributed by atoms with Crippen LogP contribution >= 0.6 is 11.6 Å². The third-order valence-electron chi connectivity index (χ3n) is 4.00.